The monoisotopic (exact) mass is 644 g/mol. The summed E-state index contributed by atoms with van der Waals surface area (Å²) in [5, 5.41) is 6.10. The zero-order chi connectivity index (χ0) is 33.0. The lowest BCUT2D eigenvalue weighted by molar-refractivity contribution is -0.118. The number of amides is 3. The molecule has 47 heavy (non-hydrogen) atoms. The maximum Gasteiger partial charge on any atom is 0.415 e. The second kappa shape index (κ2) is 13.8. The minimum atomic E-state index is -0.544. The van der Waals surface area contributed by atoms with E-state index in [0.29, 0.717) is 62.5 Å². The predicted molar refractivity (Wildman–Crippen MR) is 173 cm³/mol. The molecule has 0 spiro atoms. The molecule has 0 aliphatic carbocycles. The first-order valence-electron chi connectivity index (χ1n) is 15.9. The molecule has 0 radical (unpaired) electrons. The first kappa shape index (κ1) is 32.0. The smallest absolute Gasteiger partial charge is 0.415 e. The molecule has 2 saturated heterocycles. The van der Waals surface area contributed by atoms with Gasteiger partial charge in [0.05, 0.1) is 18.3 Å². The highest BCUT2D eigenvalue weighted by atomic mass is 16.6. The number of hydrogen-bond acceptors (Lipinski definition) is 10. The molecule has 2 atom stereocenters. The third-order valence-electron chi connectivity index (χ3n) is 7.96. The Kier molecular flexibility index (Phi) is 9.43. The number of hydrogen-bond donors (Lipinski definition) is 2. The Labute approximate surface area is 273 Å². The van der Waals surface area contributed by atoms with E-state index in [1.807, 2.05) is 57.2 Å². The van der Waals surface area contributed by atoms with E-state index in [0.717, 1.165) is 29.7 Å². The van der Waals surface area contributed by atoms with Gasteiger partial charge < -0.3 is 34.5 Å². The molecule has 13 nitrogen and oxygen atoms in total. The van der Waals surface area contributed by atoms with Crippen molar-refractivity contribution in [2.75, 3.05) is 43.1 Å². The van der Waals surface area contributed by atoms with Gasteiger partial charge in [-0.25, -0.2) is 19.6 Å². The molecule has 2 fully saturated rings. The summed E-state index contributed by atoms with van der Waals surface area (Å²) in [6.45, 7) is 8.18. The van der Waals surface area contributed by atoms with E-state index in [4.69, 9.17) is 23.9 Å². The summed E-state index contributed by atoms with van der Waals surface area (Å²) in [4.78, 5) is 49.1. The zero-order valence-electron chi connectivity index (χ0n) is 26.9. The number of carbonyl (C=O) groups is 3. The molecule has 5 heterocycles. The van der Waals surface area contributed by atoms with Crippen molar-refractivity contribution in [3.05, 3.63) is 60.2 Å². The van der Waals surface area contributed by atoms with Gasteiger partial charge in [0.2, 0.25) is 5.88 Å². The summed E-state index contributed by atoms with van der Waals surface area (Å²) in [6.07, 6.45) is 1.32. The average Bonchev–Trinajstić information content (AvgIpc) is 3.67. The van der Waals surface area contributed by atoms with Crippen molar-refractivity contribution in [3.8, 4) is 22.9 Å². The summed E-state index contributed by atoms with van der Waals surface area (Å²) in [6, 6.07) is 17.1. The van der Waals surface area contributed by atoms with Gasteiger partial charge in [-0.15, -0.1) is 0 Å². The summed E-state index contributed by atoms with van der Waals surface area (Å²) < 4.78 is 22.5. The molecule has 248 valence electrons. The van der Waals surface area contributed by atoms with Gasteiger partial charge in [0, 0.05) is 24.7 Å². The highest BCUT2D eigenvalue weighted by molar-refractivity contribution is 5.95. The lowest BCUT2D eigenvalue weighted by Crippen LogP contribution is -2.42. The van der Waals surface area contributed by atoms with E-state index in [2.05, 4.69) is 21.7 Å². The van der Waals surface area contributed by atoms with Crippen LogP contribution in [0.25, 0.3) is 11.3 Å². The van der Waals surface area contributed by atoms with Crippen LogP contribution in [0.5, 0.6) is 11.6 Å². The van der Waals surface area contributed by atoms with E-state index >= 15 is 0 Å². The van der Waals surface area contributed by atoms with E-state index in [1.165, 1.54) is 4.90 Å². The van der Waals surface area contributed by atoms with E-state index in [1.54, 1.807) is 17.0 Å². The summed E-state index contributed by atoms with van der Waals surface area (Å²) in [5.41, 5.74) is 2.30. The number of cyclic esters (lactones) is 1. The van der Waals surface area contributed by atoms with Gasteiger partial charge in [-0.2, -0.15) is 0 Å². The molecule has 2 N–H and O–H groups in total. The van der Waals surface area contributed by atoms with Crippen LogP contribution < -0.4 is 25.0 Å². The van der Waals surface area contributed by atoms with Crippen molar-refractivity contribution in [1.82, 2.24) is 20.2 Å². The van der Waals surface area contributed by atoms with Crippen LogP contribution in [-0.4, -0.2) is 83.6 Å². The van der Waals surface area contributed by atoms with E-state index in [-0.39, 0.29) is 30.8 Å². The molecule has 3 aromatic rings. The molecule has 6 rings (SSSR count). The summed E-state index contributed by atoms with van der Waals surface area (Å²) in [7, 11) is 0. The Morgan fingerprint density at radius 2 is 1.96 bits per heavy atom. The van der Waals surface area contributed by atoms with Crippen LogP contribution in [0.1, 0.15) is 45.6 Å². The van der Waals surface area contributed by atoms with Crippen molar-refractivity contribution in [2.24, 2.45) is 0 Å². The topological polar surface area (TPSA) is 144 Å². The quantitative estimate of drug-likeness (QED) is 0.297. The normalized spacial score (nSPS) is 19.1. The number of aromatic nitrogens is 2. The maximum absolute atomic E-state index is 12.6. The minimum Gasteiger partial charge on any atom is -0.480 e. The van der Waals surface area contributed by atoms with Crippen LogP contribution in [0.2, 0.25) is 0 Å². The SMILES string of the molecule is CC(C)(C)OC(=O)N1CCC[C@H]1COc1cccc(-c2cccc(CNCC[C@H]3CN(c4ccc5c(n4)NC(=O)CO5)C(=O)O3)c2)n1. The molecule has 0 bridgehead atoms. The number of carbonyl (C=O) groups excluding carboxylic acids is 3. The van der Waals surface area contributed by atoms with Crippen LogP contribution in [-0.2, 0) is 20.8 Å². The van der Waals surface area contributed by atoms with Crippen LogP contribution in [0.4, 0.5) is 21.2 Å². The number of nitrogens with zero attached hydrogens (tertiary/aromatic N) is 4. The number of nitrogens with one attached hydrogen (secondary N) is 2. The molecule has 13 heteroatoms. The molecule has 0 unspecified atom stereocenters. The molecule has 3 amide bonds. The number of fused-ring (bicyclic) bond motifs is 1. The Balaban J connectivity index is 0.977. The minimum absolute atomic E-state index is 0.0554. The Morgan fingerprint density at radius 1 is 1.11 bits per heavy atom. The van der Waals surface area contributed by atoms with Crippen LogP contribution in [0, 0.1) is 0 Å². The lowest BCUT2D eigenvalue weighted by atomic mass is 10.1. The fraction of sp³-hybridized carbons (Fsp3) is 0.441. The third-order valence-corrected chi connectivity index (χ3v) is 7.96. The molecular formula is C34H40N6O7. The third kappa shape index (κ3) is 8.09. The van der Waals surface area contributed by atoms with Gasteiger partial charge >= 0.3 is 12.2 Å². The summed E-state index contributed by atoms with van der Waals surface area (Å²) in [5.74, 6) is 1.38. The van der Waals surface area contributed by atoms with Crippen molar-refractivity contribution in [3.63, 3.8) is 0 Å². The molecule has 1 aromatic carbocycles. The van der Waals surface area contributed by atoms with Crippen LogP contribution in [0.3, 0.4) is 0 Å². The Morgan fingerprint density at radius 3 is 2.81 bits per heavy atom. The van der Waals surface area contributed by atoms with E-state index < -0.39 is 11.7 Å². The van der Waals surface area contributed by atoms with Gasteiger partial charge in [0.15, 0.2) is 18.2 Å². The lowest BCUT2D eigenvalue weighted by Gasteiger charge is -2.28. The number of anilines is 2. The standard InChI is InChI=1S/C34H40N6O7/c1-34(2,3)47-33(43)39-16-6-9-24(39)20-45-30-11-5-10-26(36-30)23-8-4-7-22(17-23)18-35-15-14-25-19-40(32(42)46-25)28-13-12-27-31(37-28)38-29(41)21-44-27/h4-5,7-8,10-13,17,24-25,35H,6,9,14-16,18-21H2,1-3H3,(H,37,38,41)/t24-,25-/m0/s1. The van der Waals surface area contributed by atoms with E-state index in [9.17, 15) is 14.4 Å². The molecule has 0 saturated carbocycles. The number of rotatable bonds is 10. The first-order chi connectivity index (χ1) is 22.6. The van der Waals surface area contributed by atoms with Crippen molar-refractivity contribution in [2.45, 2.75) is 64.3 Å². The highest BCUT2D eigenvalue weighted by Gasteiger charge is 2.34. The molecule has 3 aliphatic heterocycles. The fourth-order valence-electron chi connectivity index (χ4n) is 5.71. The largest absolute Gasteiger partial charge is 0.480 e. The maximum atomic E-state index is 12.6. The van der Waals surface area contributed by atoms with Crippen molar-refractivity contribution < 1.29 is 33.3 Å². The number of likely N-dealkylation sites (tertiary alicyclic amines) is 1. The van der Waals surface area contributed by atoms with Gasteiger partial charge in [0.25, 0.3) is 5.91 Å². The van der Waals surface area contributed by atoms with Crippen LogP contribution >= 0.6 is 0 Å². The zero-order valence-corrected chi connectivity index (χ0v) is 26.9. The predicted octanol–water partition coefficient (Wildman–Crippen LogP) is 4.76. The van der Waals surface area contributed by atoms with Gasteiger partial charge in [0.1, 0.15) is 24.1 Å². The Bertz CT molecular complexity index is 1630. The number of benzene rings is 1. The van der Waals surface area contributed by atoms with Gasteiger partial charge in [-0.1, -0.05) is 24.3 Å². The second-order valence-electron chi connectivity index (χ2n) is 12.8. The van der Waals surface area contributed by atoms with Crippen molar-refractivity contribution in [1.29, 1.82) is 0 Å². The molecule has 3 aliphatic rings. The van der Waals surface area contributed by atoms with Crippen LogP contribution in [0.15, 0.2) is 54.6 Å². The van der Waals surface area contributed by atoms with Crippen molar-refractivity contribution >= 4 is 29.7 Å². The highest BCUT2D eigenvalue weighted by Crippen LogP contribution is 2.30. The second-order valence-corrected chi connectivity index (χ2v) is 12.8. The summed E-state index contributed by atoms with van der Waals surface area (Å²) >= 11 is 0. The fourth-order valence-corrected chi connectivity index (χ4v) is 5.71. The van der Waals surface area contributed by atoms with Gasteiger partial charge in [-0.05, 0) is 76.4 Å². The number of pyridine rings is 2. The number of ether oxygens (including phenoxy) is 4. The molecule has 2 aromatic heterocycles. The first-order valence-corrected chi connectivity index (χ1v) is 15.9. The molecular weight excluding hydrogens is 604 g/mol. The average molecular weight is 645 g/mol. The van der Waals surface area contributed by atoms with Gasteiger partial charge in [-0.3, -0.25) is 9.69 Å². The Hall–Kier alpha value is -4.91.